The molecule has 3 nitrogen and oxygen atoms in total. The van der Waals surface area contributed by atoms with E-state index >= 15 is 0 Å². The maximum atomic E-state index is 13.0. The van der Waals surface area contributed by atoms with Crippen LogP contribution in [0.4, 0.5) is 8.78 Å². The fraction of sp³-hybridized carbons (Fsp3) is 0.385. The van der Waals surface area contributed by atoms with Crippen molar-refractivity contribution in [2.45, 2.75) is 19.8 Å². The molecule has 0 unspecified atom stereocenters. The standard InChI is InChI=1S/C13H15F2NO2/c1-3-4-7-16(2)13(18)12(17)9-5-6-10(14)11(15)8-9/h5-6,8H,3-4,7H2,1-2H3. The van der Waals surface area contributed by atoms with Crippen LogP contribution in [0.15, 0.2) is 18.2 Å². The molecule has 0 aliphatic rings. The Morgan fingerprint density at radius 2 is 1.89 bits per heavy atom. The van der Waals surface area contributed by atoms with Crippen LogP contribution in [0.5, 0.6) is 0 Å². The van der Waals surface area contributed by atoms with Crippen LogP contribution in [0.25, 0.3) is 0 Å². The molecule has 1 amide bonds. The Kier molecular flexibility index (Phi) is 4.95. The summed E-state index contributed by atoms with van der Waals surface area (Å²) in [5, 5.41) is 0. The molecule has 1 rings (SSSR count). The van der Waals surface area contributed by atoms with E-state index in [1.165, 1.54) is 11.9 Å². The summed E-state index contributed by atoms with van der Waals surface area (Å²) in [7, 11) is 1.51. The SMILES string of the molecule is CCCCN(C)C(=O)C(=O)c1ccc(F)c(F)c1. The Balaban J connectivity index is 2.80. The lowest BCUT2D eigenvalue weighted by Gasteiger charge is -2.15. The largest absolute Gasteiger partial charge is 0.339 e. The van der Waals surface area contributed by atoms with Crippen LogP contribution in [0.3, 0.4) is 0 Å². The van der Waals surface area contributed by atoms with Crippen molar-refractivity contribution in [1.82, 2.24) is 4.90 Å². The molecular weight excluding hydrogens is 240 g/mol. The summed E-state index contributed by atoms with van der Waals surface area (Å²) in [4.78, 5) is 24.7. The number of benzene rings is 1. The van der Waals surface area contributed by atoms with Gasteiger partial charge in [-0.2, -0.15) is 0 Å². The molecular formula is C13H15F2NO2. The topological polar surface area (TPSA) is 37.4 Å². The molecule has 1 aromatic rings. The van der Waals surface area contributed by atoms with E-state index in [9.17, 15) is 18.4 Å². The lowest BCUT2D eigenvalue weighted by atomic mass is 10.1. The van der Waals surface area contributed by atoms with Gasteiger partial charge in [0.05, 0.1) is 0 Å². The lowest BCUT2D eigenvalue weighted by Crippen LogP contribution is -2.34. The molecule has 0 spiro atoms. The van der Waals surface area contributed by atoms with E-state index in [1.807, 2.05) is 6.92 Å². The van der Waals surface area contributed by atoms with Gasteiger partial charge in [-0.05, 0) is 24.6 Å². The molecule has 0 bridgehead atoms. The molecule has 0 radical (unpaired) electrons. The van der Waals surface area contributed by atoms with Crippen LogP contribution in [0.1, 0.15) is 30.1 Å². The molecule has 18 heavy (non-hydrogen) atoms. The number of hydrogen-bond donors (Lipinski definition) is 0. The van der Waals surface area contributed by atoms with Gasteiger partial charge >= 0.3 is 0 Å². The summed E-state index contributed by atoms with van der Waals surface area (Å²) < 4.78 is 25.7. The third-order valence-electron chi connectivity index (χ3n) is 2.57. The fourth-order valence-corrected chi connectivity index (χ4v) is 1.43. The Labute approximate surface area is 104 Å². The summed E-state index contributed by atoms with van der Waals surface area (Å²) in [5.41, 5.74) is -0.137. The van der Waals surface area contributed by atoms with Crippen LogP contribution < -0.4 is 0 Å². The molecule has 0 saturated heterocycles. The highest BCUT2D eigenvalue weighted by atomic mass is 19.2. The molecule has 0 N–H and O–H groups in total. The van der Waals surface area contributed by atoms with Crippen LogP contribution in [-0.4, -0.2) is 30.2 Å². The predicted molar refractivity (Wildman–Crippen MR) is 63.2 cm³/mol. The number of carbonyl (C=O) groups is 2. The van der Waals surface area contributed by atoms with Crippen LogP contribution in [-0.2, 0) is 4.79 Å². The van der Waals surface area contributed by atoms with Crippen molar-refractivity contribution in [3.8, 4) is 0 Å². The number of amides is 1. The minimum absolute atomic E-state index is 0.137. The van der Waals surface area contributed by atoms with Crippen molar-refractivity contribution in [3.05, 3.63) is 35.4 Å². The highest BCUT2D eigenvalue weighted by Gasteiger charge is 2.21. The second-order valence-corrected chi connectivity index (χ2v) is 4.04. The number of hydrogen-bond acceptors (Lipinski definition) is 2. The molecule has 5 heteroatoms. The molecule has 1 aromatic carbocycles. The first-order valence-corrected chi connectivity index (χ1v) is 5.72. The number of carbonyl (C=O) groups excluding carboxylic acids is 2. The van der Waals surface area contributed by atoms with Crippen molar-refractivity contribution in [2.24, 2.45) is 0 Å². The van der Waals surface area contributed by atoms with Gasteiger partial charge in [-0.3, -0.25) is 9.59 Å². The zero-order chi connectivity index (χ0) is 13.7. The summed E-state index contributed by atoms with van der Waals surface area (Å²) in [6.45, 7) is 2.43. The summed E-state index contributed by atoms with van der Waals surface area (Å²) >= 11 is 0. The minimum atomic E-state index is -1.13. The molecule has 0 atom stereocenters. The second-order valence-electron chi connectivity index (χ2n) is 4.04. The monoisotopic (exact) mass is 255 g/mol. The van der Waals surface area contributed by atoms with E-state index in [1.54, 1.807) is 0 Å². The van der Waals surface area contributed by atoms with Gasteiger partial charge in [0.1, 0.15) is 0 Å². The smallest absolute Gasteiger partial charge is 0.294 e. The predicted octanol–water partition coefficient (Wildman–Crippen LogP) is 2.41. The summed E-state index contributed by atoms with van der Waals surface area (Å²) in [6, 6.07) is 2.68. The van der Waals surface area contributed by atoms with E-state index in [-0.39, 0.29) is 5.56 Å². The summed E-state index contributed by atoms with van der Waals surface area (Å²) in [6.07, 6.45) is 1.68. The van der Waals surface area contributed by atoms with Gasteiger partial charge in [-0.15, -0.1) is 0 Å². The molecule has 0 fully saturated rings. The van der Waals surface area contributed by atoms with Crippen molar-refractivity contribution in [2.75, 3.05) is 13.6 Å². The number of Topliss-reactive ketones (excluding diaryl/α,β-unsaturated/α-hetero) is 1. The van der Waals surface area contributed by atoms with Gasteiger partial charge in [0.2, 0.25) is 5.78 Å². The third kappa shape index (κ3) is 3.35. The highest BCUT2D eigenvalue weighted by Crippen LogP contribution is 2.10. The van der Waals surface area contributed by atoms with E-state index in [4.69, 9.17) is 0 Å². The first-order chi connectivity index (χ1) is 8.47. The van der Waals surface area contributed by atoms with Crippen molar-refractivity contribution < 1.29 is 18.4 Å². The van der Waals surface area contributed by atoms with Gasteiger partial charge in [-0.25, -0.2) is 8.78 Å². The number of halogens is 2. The van der Waals surface area contributed by atoms with E-state index < -0.39 is 23.3 Å². The number of nitrogens with zero attached hydrogens (tertiary/aromatic N) is 1. The first-order valence-electron chi connectivity index (χ1n) is 5.72. The maximum absolute atomic E-state index is 13.0. The molecule has 0 heterocycles. The van der Waals surface area contributed by atoms with Gasteiger partial charge < -0.3 is 4.90 Å². The molecule has 0 aromatic heterocycles. The number of rotatable bonds is 5. The quantitative estimate of drug-likeness (QED) is 0.598. The normalized spacial score (nSPS) is 10.2. The fourth-order valence-electron chi connectivity index (χ4n) is 1.43. The maximum Gasteiger partial charge on any atom is 0.294 e. The van der Waals surface area contributed by atoms with E-state index in [0.29, 0.717) is 6.54 Å². The van der Waals surface area contributed by atoms with Gasteiger partial charge in [0.25, 0.3) is 5.91 Å². The zero-order valence-electron chi connectivity index (χ0n) is 10.4. The average molecular weight is 255 g/mol. The van der Waals surface area contributed by atoms with Crippen molar-refractivity contribution in [1.29, 1.82) is 0 Å². The Hall–Kier alpha value is -1.78. The molecule has 0 aliphatic carbocycles. The second kappa shape index (κ2) is 6.23. The van der Waals surface area contributed by atoms with Gasteiger partial charge in [0.15, 0.2) is 11.6 Å². The van der Waals surface area contributed by atoms with Crippen molar-refractivity contribution in [3.63, 3.8) is 0 Å². The first kappa shape index (κ1) is 14.3. The average Bonchev–Trinajstić information content (AvgIpc) is 2.37. The summed E-state index contributed by atoms with van der Waals surface area (Å²) in [5.74, 6) is -3.72. The van der Waals surface area contributed by atoms with Crippen molar-refractivity contribution >= 4 is 11.7 Å². The Morgan fingerprint density at radius 3 is 2.44 bits per heavy atom. The minimum Gasteiger partial charge on any atom is -0.339 e. The van der Waals surface area contributed by atoms with Crippen LogP contribution in [0.2, 0.25) is 0 Å². The van der Waals surface area contributed by atoms with E-state index in [0.717, 1.165) is 31.0 Å². The van der Waals surface area contributed by atoms with Gasteiger partial charge in [0, 0.05) is 19.2 Å². The van der Waals surface area contributed by atoms with Crippen LogP contribution >= 0.6 is 0 Å². The Bertz CT molecular complexity index is 460. The molecule has 0 aliphatic heterocycles. The zero-order valence-corrected chi connectivity index (χ0v) is 10.4. The molecule has 0 saturated carbocycles. The molecule has 98 valence electrons. The number of ketones is 1. The lowest BCUT2D eigenvalue weighted by molar-refractivity contribution is -0.125. The highest BCUT2D eigenvalue weighted by molar-refractivity contribution is 6.42. The number of unbranched alkanes of at least 4 members (excludes halogenated alkanes) is 1. The van der Waals surface area contributed by atoms with Gasteiger partial charge in [-0.1, -0.05) is 13.3 Å². The van der Waals surface area contributed by atoms with Crippen LogP contribution in [0, 0.1) is 11.6 Å². The number of likely N-dealkylation sites (N-methyl/N-ethyl adjacent to an activating group) is 1. The third-order valence-corrected chi connectivity index (χ3v) is 2.57. The van der Waals surface area contributed by atoms with E-state index in [2.05, 4.69) is 0 Å². The Morgan fingerprint density at radius 1 is 1.22 bits per heavy atom.